The average molecular weight is 379 g/mol. The number of anilines is 1. The highest BCUT2D eigenvalue weighted by Crippen LogP contribution is 2.28. The third-order valence-corrected chi connectivity index (χ3v) is 5.53. The van der Waals surface area contributed by atoms with E-state index >= 15 is 0 Å². The van der Waals surface area contributed by atoms with Gasteiger partial charge in [-0.3, -0.25) is 15.4 Å². The molecule has 146 valence electrons. The van der Waals surface area contributed by atoms with E-state index in [4.69, 9.17) is 9.73 Å². The summed E-state index contributed by atoms with van der Waals surface area (Å²) in [7, 11) is 1.95. The molecular weight excluding hydrogens is 354 g/mol. The maximum absolute atomic E-state index is 5.49. The number of hydrogen-bond acceptors (Lipinski definition) is 7. The SMILES string of the molecule is Cn1ncc2cc(NC3=NC4=CC=CC(C)(NC5CCOCC5)N4N3)ccc21. The van der Waals surface area contributed by atoms with Crippen LogP contribution in [0.5, 0.6) is 0 Å². The fourth-order valence-corrected chi connectivity index (χ4v) is 4.02. The molecule has 0 amide bonds. The van der Waals surface area contributed by atoms with Crippen LogP contribution in [0.4, 0.5) is 5.69 Å². The summed E-state index contributed by atoms with van der Waals surface area (Å²) in [6, 6.07) is 6.60. The van der Waals surface area contributed by atoms with Crippen molar-refractivity contribution in [3.05, 3.63) is 48.4 Å². The summed E-state index contributed by atoms with van der Waals surface area (Å²) in [5.74, 6) is 1.59. The van der Waals surface area contributed by atoms with E-state index in [1.165, 1.54) is 0 Å². The number of hydrazine groups is 1. The lowest BCUT2D eigenvalue weighted by molar-refractivity contribution is 0.0478. The van der Waals surface area contributed by atoms with Gasteiger partial charge in [-0.2, -0.15) is 10.1 Å². The normalized spacial score (nSPS) is 24.7. The van der Waals surface area contributed by atoms with Crippen molar-refractivity contribution in [2.45, 2.75) is 31.5 Å². The lowest BCUT2D eigenvalue weighted by atomic mass is 10.0. The van der Waals surface area contributed by atoms with Crippen molar-refractivity contribution in [1.29, 1.82) is 0 Å². The molecule has 3 N–H and O–H groups in total. The molecule has 1 unspecified atom stereocenters. The largest absolute Gasteiger partial charge is 0.381 e. The number of aliphatic imine (C=N–C) groups is 1. The van der Waals surface area contributed by atoms with E-state index in [2.05, 4.69) is 57.4 Å². The van der Waals surface area contributed by atoms with Gasteiger partial charge in [0.1, 0.15) is 5.66 Å². The lowest BCUT2D eigenvalue weighted by Crippen LogP contribution is -2.63. The molecule has 8 heteroatoms. The van der Waals surface area contributed by atoms with Crippen LogP contribution in [0.25, 0.3) is 10.9 Å². The molecule has 5 rings (SSSR count). The van der Waals surface area contributed by atoms with Gasteiger partial charge < -0.3 is 10.1 Å². The van der Waals surface area contributed by atoms with E-state index in [9.17, 15) is 0 Å². The standard InChI is InChI=1S/C20H25N7O/c1-20(24-15-7-10-28-11-8-15)9-3-4-18-23-19(25-27(18)20)22-16-5-6-17-14(12-16)13-21-26(17)2/h3-6,9,12-13,15,24H,7-8,10-11H2,1-2H3,(H2,22,23,25). The quantitative estimate of drug-likeness (QED) is 0.758. The maximum atomic E-state index is 5.49. The topological polar surface area (TPSA) is 78.7 Å². The van der Waals surface area contributed by atoms with E-state index in [0.29, 0.717) is 12.0 Å². The number of rotatable bonds is 3. The minimum Gasteiger partial charge on any atom is -0.381 e. The first-order valence-corrected chi connectivity index (χ1v) is 9.70. The van der Waals surface area contributed by atoms with Gasteiger partial charge in [0.2, 0.25) is 5.96 Å². The Balaban J connectivity index is 1.32. The molecule has 3 aliphatic rings. The minimum atomic E-state index is -0.355. The van der Waals surface area contributed by atoms with Gasteiger partial charge in [-0.15, -0.1) is 0 Å². The molecule has 1 aromatic heterocycles. The Morgan fingerprint density at radius 1 is 1.29 bits per heavy atom. The molecule has 2 aromatic rings. The number of aromatic nitrogens is 2. The highest BCUT2D eigenvalue weighted by Gasteiger charge is 2.38. The monoisotopic (exact) mass is 379 g/mol. The van der Waals surface area contributed by atoms with Crippen LogP contribution in [0.2, 0.25) is 0 Å². The van der Waals surface area contributed by atoms with Crippen LogP contribution >= 0.6 is 0 Å². The Kier molecular flexibility index (Phi) is 4.10. The third kappa shape index (κ3) is 3.04. The van der Waals surface area contributed by atoms with Crippen LogP contribution < -0.4 is 16.1 Å². The summed E-state index contributed by atoms with van der Waals surface area (Å²) in [5.41, 5.74) is 5.13. The van der Waals surface area contributed by atoms with E-state index in [1.807, 2.05) is 30.1 Å². The Labute approximate surface area is 163 Å². The van der Waals surface area contributed by atoms with Gasteiger partial charge in [-0.05, 0) is 50.1 Å². The molecule has 1 fully saturated rings. The first-order chi connectivity index (χ1) is 13.6. The summed E-state index contributed by atoms with van der Waals surface area (Å²) in [5, 5.41) is 14.6. The molecule has 0 radical (unpaired) electrons. The van der Waals surface area contributed by atoms with Crippen molar-refractivity contribution in [2.75, 3.05) is 18.5 Å². The Morgan fingerprint density at radius 2 is 2.14 bits per heavy atom. The number of benzene rings is 1. The van der Waals surface area contributed by atoms with Gasteiger partial charge >= 0.3 is 0 Å². The lowest BCUT2D eigenvalue weighted by Gasteiger charge is -2.43. The number of hydrogen-bond donors (Lipinski definition) is 3. The molecule has 0 saturated carbocycles. The molecule has 8 nitrogen and oxygen atoms in total. The smallest absolute Gasteiger partial charge is 0.221 e. The van der Waals surface area contributed by atoms with Crippen molar-refractivity contribution in [2.24, 2.45) is 12.0 Å². The zero-order chi connectivity index (χ0) is 19.1. The van der Waals surface area contributed by atoms with Crippen molar-refractivity contribution in [3.63, 3.8) is 0 Å². The summed E-state index contributed by atoms with van der Waals surface area (Å²) < 4.78 is 7.36. The number of allylic oxidation sites excluding steroid dienone is 2. The first-order valence-electron chi connectivity index (χ1n) is 9.70. The number of fused-ring (bicyclic) bond motifs is 2. The summed E-state index contributed by atoms with van der Waals surface area (Å²) in [4.78, 5) is 4.72. The molecule has 0 aliphatic carbocycles. The highest BCUT2D eigenvalue weighted by molar-refractivity contribution is 5.97. The van der Waals surface area contributed by atoms with Crippen LogP contribution in [0.3, 0.4) is 0 Å². The number of nitrogens with zero attached hydrogens (tertiary/aromatic N) is 4. The number of aryl methyl sites for hydroxylation is 1. The molecule has 4 heterocycles. The molecule has 0 spiro atoms. The highest BCUT2D eigenvalue weighted by atomic mass is 16.5. The number of guanidine groups is 1. The van der Waals surface area contributed by atoms with Gasteiger partial charge in [0.25, 0.3) is 0 Å². The predicted molar refractivity (Wildman–Crippen MR) is 109 cm³/mol. The minimum absolute atomic E-state index is 0.355. The predicted octanol–water partition coefficient (Wildman–Crippen LogP) is 2.06. The second-order valence-corrected chi connectivity index (χ2v) is 7.64. The number of nitrogens with one attached hydrogen (secondary N) is 3. The van der Waals surface area contributed by atoms with Crippen molar-refractivity contribution < 1.29 is 4.74 Å². The van der Waals surface area contributed by atoms with Gasteiger partial charge in [-0.1, -0.05) is 6.08 Å². The third-order valence-electron chi connectivity index (χ3n) is 5.53. The fourth-order valence-electron chi connectivity index (χ4n) is 4.02. The van der Waals surface area contributed by atoms with Crippen LogP contribution in [0, 0.1) is 0 Å². The Hall–Kier alpha value is -2.84. The van der Waals surface area contributed by atoms with Crippen molar-refractivity contribution in [3.8, 4) is 0 Å². The van der Waals surface area contributed by atoms with E-state index in [0.717, 1.165) is 48.5 Å². The second-order valence-electron chi connectivity index (χ2n) is 7.64. The van der Waals surface area contributed by atoms with Gasteiger partial charge in [0.05, 0.1) is 11.7 Å². The molecule has 28 heavy (non-hydrogen) atoms. The van der Waals surface area contributed by atoms with Crippen LogP contribution in [-0.2, 0) is 11.8 Å². The second kappa shape index (κ2) is 6.65. The van der Waals surface area contributed by atoms with Crippen molar-refractivity contribution >= 4 is 22.5 Å². The van der Waals surface area contributed by atoms with E-state index in [1.54, 1.807) is 0 Å². The maximum Gasteiger partial charge on any atom is 0.221 e. The van der Waals surface area contributed by atoms with Gasteiger partial charge in [0, 0.05) is 37.4 Å². The fraction of sp³-hybridized carbons (Fsp3) is 0.400. The summed E-state index contributed by atoms with van der Waals surface area (Å²) >= 11 is 0. The zero-order valence-electron chi connectivity index (χ0n) is 16.1. The summed E-state index contributed by atoms with van der Waals surface area (Å²) in [6.07, 6.45) is 10.2. The van der Waals surface area contributed by atoms with Crippen LogP contribution in [-0.4, -0.2) is 45.7 Å². The molecule has 3 aliphatic heterocycles. The van der Waals surface area contributed by atoms with E-state index in [-0.39, 0.29) is 5.66 Å². The van der Waals surface area contributed by atoms with Crippen molar-refractivity contribution in [1.82, 2.24) is 25.5 Å². The Morgan fingerprint density at radius 3 is 3.00 bits per heavy atom. The molecule has 1 aromatic carbocycles. The molecule has 1 atom stereocenters. The molecular formula is C20H25N7O. The average Bonchev–Trinajstić information content (AvgIpc) is 3.27. The Bertz CT molecular complexity index is 986. The van der Waals surface area contributed by atoms with Crippen LogP contribution in [0.1, 0.15) is 19.8 Å². The summed E-state index contributed by atoms with van der Waals surface area (Å²) in [6.45, 7) is 3.79. The first kappa shape index (κ1) is 17.3. The van der Waals surface area contributed by atoms with Crippen LogP contribution in [0.15, 0.2) is 53.4 Å². The van der Waals surface area contributed by atoms with E-state index < -0.39 is 0 Å². The van der Waals surface area contributed by atoms with Gasteiger partial charge in [-0.25, -0.2) is 5.01 Å². The molecule has 1 saturated heterocycles. The molecule has 0 bridgehead atoms. The zero-order valence-corrected chi connectivity index (χ0v) is 16.1. The number of ether oxygens (including phenoxy) is 1. The van der Waals surface area contributed by atoms with Gasteiger partial charge in [0.15, 0.2) is 5.82 Å².